The molecule has 0 saturated heterocycles. The number of nitrogens with two attached hydrogens (primary N) is 1. The number of phenols is 1. The quantitative estimate of drug-likeness (QED) is 0.620. The first kappa shape index (κ1) is 9.42. The molecule has 0 fully saturated rings. The average molecular weight is 183 g/mol. The van der Waals surface area contributed by atoms with Crippen molar-refractivity contribution in [1.29, 1.82) is 0 Å². The number of benzene rings is 1. The molecule has 3 N–H and O–H groups in total. The molecular formula is C9H13NOS. The van der Waals surface area contributed by atoms with Crippen LogP contribution in [0.2, 0.25) is 0 Å². The van der Waals surface area contributed by atoms with Crippen molar-refractivity contribution in [2.45, 2.75) is 5.92 Å². The lowest BCUT2D eigenvalue weighted by Crippen LogP contribution is -2.13. The van der Waals surface area contributed by atoms with Crippen LogP contribution in [-0.2, 0) is 0 Å². The summed E-state index contributed by atoms with van der Waals surface area (Å²) in [5.41, 5.74) is 6.58. The third-order valence-electron chi connectivity index (χ3n) is 1.85. The summed E-state index contributed by atoms with van der Waals surface area (Å²) < 4.78 is 0. The fourth-order valence-corrected chi connectivity index (χ4v) is 1.45. The Morgan fingerprint density at radius 3 is 2.75 bits per heavy atom. The number of aromatic hydroxyl groups is 1. The van der Waals surface area contributed by atoms with Crippen molar-refractivity contribution in [3.63, 3.8) is 0 Å². The van der Waals surface area contributed by atoms with Gasteiger partial charge in [-0.25, -0.2) is 0 Å². The number of hydrogen-bond donors (Lipinski definition) is 3. The maximum absolute atomic E-state index is 9.19. The standard InChI is InChI=1S/C9H13NOS/c10-5-8(6-12)7-2-1-3-9(11)4-7/h1-4,8,11-12H,5-6,10H2. The lowest BCUT2D eigenvalue weighted by molar-refractivity contribution is 0.474. The van der Waals surface area contributed by atoms with Crippen molar-refractivity contribution in [2.75, 3.05) is 12.3 Å². The van der Waals surface area contributed by atoms with Gasteiger partial charge in [-0.1, -0.05) is 12.1 Å². The zero-order valence-electron chi connectivity index (χ0n) is 6.77. The van der Waals surface area contributed by atoms with Gasteiger partial charge in [0.15, 0.2) is 0 Å². The first-order valence-electron chi connectivity index (χ1n) is 3.87. The number of rotatable bonds is 3. The van der Waals surface area contributed by atoms with Crippen LogP contribution in [0.15, 0.2) is 24.3 Å². The highest BCUT2D eigenvalue weighted by atomic mass is 32.1. The van der Waals surface area contributed by atoms with Crippen LogP contribution in [0.25, 0.3) is 0 Å². The predicted molar refractivity (Wildman–Crippen MR) is 53.8 cm³/mol. The molecule has 66 valence electrons. The summed E-state index contributed by atoms with van der Waals surface area (Å²) in [6, 6.07) is 7.15. The minimum atomic E-state index is 0.237. The molecule has 1 aromatic carbocycles. The summed E-state index contributed by atoms with van der Waals surface area (Å²) in [5, 5.41) is 9.19. The zero-order chi connectivity index (χ0) is 8.97. The third-order valence-corrected chi connectivity index (χ3v) is 2.29. The number of hydrogen-bond acceptors (Lipinski definition) is 3. The molecule has 0 aliphatic rings. The molecule has 0 saturated carbocycles. The van der Waals surface area contributed by atoms with Crippen molar-refractivity contribution in [3.05, 3.63) is 29.8 Å². The SMILES string of the molecule is NCC(CS)c1cccc(O)c1. The lowest BCUT2D eigenvalue weighted by Gasteiger charge is -2.11. The highest BCUT2D eigenvalue weighted by Crippen LogP contribution is 2.19. The van der Waals surface area contributed by atoms with Crippen molar-refractivity contribution >= 4 is 12.6 Å². The fraction of sp³-hybridized carbons (Fsp3) is 0.333. The minimum absolute atomic E-state index is 0.237. The molecule has 0 aliphatic carbocycles. The molecule has 1 atom stereocenters. The first-order chi connectivity index (χ1) is 5.77. The number of thiol groups is 1. The van der Waals surface area contributed by atoms with Crippen LogP contribution in [0.3, 0.4) is 0 Å². The Hall–Kier alpha value is -0.670. The molecule has 0 amide bonds. The second-order valence-corrected chi connectivity index (χ2v) is 3.08. The fourth-order valence-electron chi connectivity index (χ4n) is 1.09. The molecule has 2 nitrogen and oxygen atoms in total. The van der Waals surface area contributed by atoms with Crippen molar-refractivity contribution < 1.29 is 5.11 Å². The normalized spacial score (nSPS) is 12.8. The maximum Gasteiger partial charge on any atom is 0.115 e. The van der Waals surface area contributed by atoms with E-state index in [1.807, 2.05) is 12.1 Å². The van der Waals surface area contributed by atoms with Gasteiger partial charge in [-0.15, -0.1) is 0 Å². The molecule has 0 bridgehead atoms. The largest absolute Gasteiger partial charge is 0.508 e. The molecule has 0 radical (unpaired) electrons. The van der Waals surface area contributed by atoms with Crippen molar-refractivity contribution in [2.24, 2.45) is 5.73 Å². The van der Waals surface area contributed by atoms with E-state index in [0.717, 1.165) is 5.56 Å². The van der Waals surface area contributed by atoms with Crippen LogP contribution in [0.5, 0.6) is 5.75 Å². The van der Waals surface area contributed by atoms with Gasteiger partial charge in [0.1, 0.15) is 5.75 Å². The van der Waals surface area contributed by atoms with Gasteiger partial charge in [-0.05, 0) is 30.0 Å². The van der Waals surface area contributed by atoms with Gasteiger partial charge in [0.2, 0.25) is 0 Å². The smallest absolute Gasteiger partial charge is 0.115 e. The summed E-state index contributed by atoms with van der Waals surface area (Å²) in [4.78, 5) is 0. The van der Waals surface area contributed by atoms with E-state index in [-0.39, 0.29) is 11.7 Å². The van der Waals surface area contributed by atoms with Crippen molar-refractivity contribution in [3.8, 4) is 5.75 Å². The number of phenolic OH excluding ortho intramolecular Hbond substituents is 1. The van der Waals surface area contributed by atoms with E-state index in [4.69, 9.17) is 5.73 Å². The zero-order valence-corrected chi connectivity index (χ0v) is 7.67. The summed E-state index contributed by atoms with van der Waals surface area (Å²) in [6.45, 7) is 0.562. The van der Waals surface area contributed by atoms with Crippen LogP contribution < -0.4 is 5.73 Å². The Morgan fingerprint density at radius 1 is 1.50 bits per heavy atom. The van der Waals surface area contributed by atoms with Gasteiger partial charge in [0.05, 0.1) is 0 Å². The molecule has 1 rings (SSSR count). The van der Waals surface area contributed by atoms with E-state index < -0.39 is 0 Å². The first-order valence-corrected chi connectivity index (χ1v) is 4.51. The van der Waals surface area contributed by atoms with Crippen LogP contribution in [0.4, 0.5) is 0 Å². The average Bonchev–Trinajstić information content (AvgIpc) is 2.07. The maximum atomic E-state index is 9.19. The van der Waals surface area contributed by atoms with E-state index in [1.54, 1.807) is 12.1 Å². The minimum Gasteiger partial charge on any atom is -0.508 e. The van der Waals surface area contributed by atoms with Gasteiger partial charge in [0.25, 0.3) is 0 Å². The molecule has 3 heteroatoms. The molecular weight excluding hydrogens is 170 g/mol. The topological polar surface area (TPSA) is 46.2 Å². The van der Waals surface area contributed by atoms with E-state index in [2.05, 4.69) is 12.6 Å². The highest BCUT2D eigenvalue weighted by Gasteiger charge is 2.06. The molecule has 1 aromatic rings. The molecule has 0 aromatic heterocycles. The molecule has 1 unspecified atom stereocenters. The molecule has 0 aliphatic heterocycles. The summed E-state index contributed by atoms with van der Waals surface area (Å²) in [5.74, 6) is 1.23. The van der Waals surface area contributed by atoms with Gasteiger partial charge in [-0.3, -0.25) is 0 Å². The van der Waals surface area contributed by atoms with E-state index in [0.29, 0.717) is 12.3 Å². The van der Waals surface area contributed by atoms with E-state index in [9.17, 15) is 5.11 Å². The van der Waals surface area contributed by atoms with Gasteiger partial charge in [-0.2, -0.15) is 12.6 Å². The second kappa shape index (κ2) is 4.38. The van der Waals surface area contributed by atoms with Crippen molar-refractivity contribution in [1.82, 2.24) is 0 Å². The highest BCUT2D eigenvalue weighted by molar-refractivity contribution is 7.80. The van der Waals surface area contributed by atoms with E-state index in [1.165, 1.54) is 0 Å². The van der Waals surface area contributed by atoms with Crippen LogP contribution in [0, 0.1) is 0 Å². The second-order valence-electron chi connectivity index (χ2n) is 2.71. The molecule has 0 spiro atoms. The van der Waals surface area contributed by atoms with E-state index >= 15 is 0 Å². The Labute approximate surface area is 77.8 Å². The van der Waals surface area contributed by atoms with Gasteiger partial charge in [0, 0.05) is 5.92 Å². The Balaban J connectivity index is 2.85. The molecule has 0 heterocycles. The Kier molecular flexibility index (Phi) is 3.44. The molecule has 12 heavy (non-hydrogen) atoms. The van der Waals surface area contributed by atoms with Crippen LogP contribution in [0.1, 0.15) is 11.5 Å². The van der Waals surface area contributed by atoms with Crippen LogP contribution in [-0.4, -0.2) is 17.4 Å². The van der Waals surface area contributed by atoms with Gasteiger partial charge >= 0.3 is 0 Å². The summed E-state index contributed by atoms with van der Waals surface area (Å²) >= 11 is 4.18. The van der Waals surface area contributed by atoms with Gasteiger partial charge < -0.3 is 10.8 Å². The predicted octanol–water partition coefficient (Wildman–Crippen LogP) is 1.36. The van der Waals surface area contributed by atoms with Crippen LogP contribution >= 0.6 is 12.6 Å². The summed E-state index contributed by atoms with van der Waals surface area (Å²) in [7, 11) is 0. The third kappa shape index (κ3) is 2.16. The monoisotopic (exact) mass is 183 g/mol. The summed E-state index contributed by atoms with van der Waals surface area (Å²) in [6.07, 6.45) is 0. The Bertz CT molecular complexity index is 248. The lowest BCUT2D eigenvalue weighted by atomic mass is 10.0. The Morgan fingerprint density at radius 2 is 2.25 bits per heavy atom.